The van der Waals surface area contributed by atoms with Crippen molar-refractivity contribution in [2.45, 2.75) is 83.2 Å². The van der Waals surface area contributed by atoms with Gasteiger partial charge in [-0.05, 0) is 42.4 Å². The number of aromatic amines is 1. The largest absolute Gasteiger partial charge is 0.469 e. The molecule has 3 aromatic rings. The van der Waals surface area contributed by atoms with Crippen molar-refractivity contribution in [1.82, 2.24) is 20.5 Å². The van der Waals surface area contributed by atoms with Gasteiger partial charge in [-0.3, -0.25) is 24.0 Å². The van der Waals surface area contributed by atoms with Crippen LogP contribution >= 0.6 is 11.8 Å². The zero-order valence-electron chi connectivity index (χ0n) is 28.7. The Balaban J connectivity index is 1.97. The van der Waals surface area contributed by atoms with E-state index in [1.165, 1.54) is 21.1 Å². The normalized spacial score (nSPS) is 12.9. The molecule has 0 saturated carbocycles. The molecule has 0 spiro atoms. The van der Waals surface area contributed by atoms with E-state index in [1.54, 1.807) is 30.5 Å². The van der Waals surface area contributed by atoms with Crippen LogP contribution in [0.25, 0.3) is 10.9 Å². The fraction of sp³-hybridized carbons (Fsp3) is 0.444. The fourth-order valence-electron chi connectivity index (χ4n) is 5.40. The first-order valence-corrected chi connectivity index (χ1v) is 17.2. The number of hydrogen-bond donors (Lipinski definition) is 3. The Bertz CT molecular complexity index is 1590. The van der Waals surface area contributed by atoms with Crippen LogP contribution < -0.4 is 10.6 Å². The first kappa shape index (κ1) is 38.8. The number of aromatic nitrogens is 1. The van der Waals surface area contributed by atoms with Gasteiger partial charge in [0.1, 0.15) is 18.7 Å². The smallest absolute Gasteiger partial charge is 0.417 e. The molecule has 3 N–H and O–H groups in total. The molecular formula is C36H46N4O8S. The molecule has 264 valence electrons. The number of thioether (sulfide) groups is 1. The summed E-state index contributed by atoms with van der Waals surface area (Å²) in [6.45, 7) is 4.84. The lowest BCUT2D eigenvalue weighted by Crippen LogP contribution is -2.58. The van der Waals surface area contributed by atoms with Gasteiger partial charge in [0.05, 0.1) is 12.4 Å². The summed E-state index contributed by atoms with van der Waals surface area (Å²) in [6, 6.07) is 14.1. The predicted octanol–water partition coefficient (Wildman–Crippen LogP) is 4.90. The van der Waals surface area contributed by atoms with Crippen molar-refractivity contribution in [3.63, 3.8) is 0 Å². The van der Waals surface area contributed by atoms with Gasteiger partial charge in [0.2, 0.25) is 17.7 Å². The zero-order valence-corrected chi connectivity index (χ0v) is 29.5. The molecule has 1 heterocycles. The van der Waals surface area contributed by atoms with Crippen LogP contribution in [0, 0.1) is 5.92 Å². The number of imide groups is 1. The standard InChI is InChI=1S/C36H46N4O8S/c1-23(2)19-30(34(44)39-29(33(43)37-4)20-26-21-38-28-16-10-9-15-27(26)28)40(36(46)48-22-25-13-7-6-8-14-25)35(45)31(49-24(3)41)17-11-12-18-32(42)47-5/h6-10,13-16,21,23,29-31,38H,11-12,17-20,22H2,1-5H3,(H,37,43)(H,39,44)/t29-,30-,31?/m0/s1. The first-order valence-electron chi connectivity index (χ1n) is 16.3. The molecular weight excluding hydrogens is 648 g/mol. The van der Waals surface area contributed by atoms with E-state index in [-0.39, 0.29) is 43.3 Å². The van der Waals surface area contributed by atoms with Gasteiger partial charge in [0.15, 0.2) is 5.12 Å². The Morgan fingerprint density at radius 2 is 1.63 bits per heavy atom. The molecule has 12 nitrogen and oxygen atoms in total. The van der Waals surface area contributed by atoms with E-state index in [4.69, 9.17) is 9.47 Å². The maximum absolute atomic E-state index is 14.3. The van der Waals surface area contributed by atoms with E-state index in [1.807, 2.05) is 44.2 Å². The van der Waals surface area contributed by atoms with Crippen molar-refractivity contribution in [3.05, 3.63) is 71.9 Å². The van der Waals surface area contributed by atoms with E-state index < -0.39 is 47.1 Å². The number of unbranched alkanes of at least 4 members (excludes halogenated alkanes) is 1. The van der Waals surface area contributed by atoms with E-state index >= 15 is 0 Å². The molecule has 3 atom stereocenters. The van der Waals surface area contributed by atoms with Crippen molar-refractivity contribution in [3.8, 4) is 0 Å². The van der Waals surface area contributed by atoms with E-state index in [9.17, 15) is 28.8 Å². The maximum atomic E-state index is 14.3. The van der Waals surface area contributed by atoms with E-state index in [0.29, 0.717) is 18.4 Å². The average Bonchev–Trinajstić information content (AvgIpc) is 3.50. The minimum absolute atomic E-state index is 0.0609. The minimum atomic E-state index is -1.36. The third-order valence-electron chi connectivity index (χ3n) is 7.84. The lowest BCUT2D eigenvalue weighted by atomic mass is 9.99. The van der Waals surface area contributed by atoms with Crippen LogP contribution in [-0.2, 0) is 46.5 Å². The van der Waals surface area contributed by atoms with Gasteiger partial charge in [-0.1, -0.05) is 80.6 Å². The number of methoxy groups -OCH3 is 1. The number of hydrogen-bond acceptors (Lipinski definition) is 9. The van der Waals surface area contributed by atoms with Gasteiger partial charge in [-0.15, -0.1) is 0 Å². The Kier molecular flexibility index (Phi) is 15.3. The quantitative estimate of drug-likeness (QED) is 0.132. The minimum Gasteiger partial charge on any atom is -0.469 e. The monoisotopic (exact) mass is 694 g/mol. The average molecular weight is 695 g/mol. The van der Waals surface area contributed by atoms with Gasteiger partial charge >= 0.3 is 12.1 Å². The van der Waals surface area contributed by atoms with Gasteiger partial charge < -0.3 is 25.1 Å². The van der Waals surface area contributed by atoms with Crippen LogP contribution in [-0.4, -0.2) is 76.3 Å². The van der Waals surface area contributed by atoms with Crippen molar-refractivity contribution in [2.24, 2.45) is 5.92 Å². The molecule has 13 heteroatoms. The molecule has 0 radical (unpaired) electrons. The molecule has 0 bridgehead atoms. The Morgan fingerprint density at radius 3 is 2.29 bits per heavy atom. The molecule has 1 aromatic heterocycles. The van der Waals surface area contributed by atoms with E-state index in [0.717, 1.165) is 33.1 Å². The van der Waals surface area contributed by atoms with Crippen LogP contribution in [0.15, 0.2) is 60.8 Å². The Morgan fingerprint density at radius 1 is 0.939 bits per heavy atom. The zero-order chi connectivity index (χ0) is 35.9. The second kappa shape index (κ2) is 19.4. The lowest BCUT2D eigenvalue weighted by Gasteiger charge is -2.33. The lowest BCUT2D eigenvalue weighted by molar-refractivity contribution is -0.140. The number of benzene rings is 2. The van der Waals surface area contributed by atoms with Gasteiger partial charge in [-0.25, -0.2) is 9.69 Å². The van der Waals surface area contributed by atoms with E-state index in [2.05, 4.69) is 15.6 Å². The highest BCUT2D eigenvalue weighted by Crippen LogP contribution is 2.26. The SMILES string of the molecule is CNC(=O)[C@H](Cc1c[nH]c2ccccc12)NC(=O)[C@H](CC(C)C)N(C(=O)OCc1ccccc1)C(=O)C(CCCCC(=O)OC)SC(C)=O. The number of nitrogens with one attached hydrogen (secondary N) is 3. The second-order valence-corrected chi connectivity index (χ2v) is 13.4. The fourth-order valence-corrected chi connectivity index (χ4v) is 6.30. The molecule has 0 aliphatic rings. The number of amides is 4. The van der Waals surface area contributed by atoms with Crippen molar-refractivity contribution < 1.29 is 38.2 Å². The van der Waals surface area contributed by atoms with Crippen LogP contribution in [0.4, 0.5) is 4.79 Å². The molecule has 4 amide bonds. The third-order valence-corrected chi connectivity index (χ3v) is 8.89. The van der Waals surface area contributed by atoms with Crippen LogP contribution in [0.5, 0.6) is 0 Å². The highest BCUT2D eigenvalue weighted by Gasteiger charge is 2.41. The number of carbonyl (C=O) groups excluding carboxylic acids is 6. The molecule has 1 unspecified atom stereocenters. The van der Waals surface area contributed by atoms with Crippen molar-refractivity contribution in [1.29, 1.82) is 0 Å². The van der Waals surface area contributed by atoms with Gasteiger partial charge in [-0.2, -0.15) is 0 Å². The van der Waals surface area contributed by atoms with Gasteiger partial charge in [0, 0.05) is 43.9 Å². The Hall–Kier alpha value is -4.65. The number of nitrogens with zero attached hydrogens (tertiary/aromatic N) is 1. The number of para-hydroxylation sites is 1. The molecule has 0 aliphatic heterocycles. The highest BCUT2D eigenvalue weighted by atomic mass is 32.2. The number of likely N-dealkylation sites (N-methyl/N-ethyl adjacent to an activating group) is 1. The Labute approximate surface area is 291 Å². The summed E-state index contributed by atoms with van der Waals surface area (Å²) in [5, 5.41) is 4.89. The van der Waals surface area contributed by atoms with Crippen LogP contribution in [0.2, 0.25) is 0 Å². The predicted molar refractivity (Wildman–Crippen MR) is 187 cm³/mol. The first-order chi connectivity index (χ1) is 23.4. The number of H-pyrrole nitrogens is 1. The number of fused-ring (bicyclic) bond motifs is 1. The van der Waals surface area contributed by atoms with Crippen molar-refractivity contribution >= 4 is 57.6 Å². The topological polar surface area (TPSA) is 164 Å². The molecule has 49 heavy (non-hydrogen) atoms. The molecule has 3 rings (SSSR count). The second-order valence-electron chi connectivity index (χ2n) is 12.1. The molecule has 0 aliphatic carbocycles. The van der Waals surface area contributed by atoms with Gasteiger partial charge in [0.25, 0.3) is 0 Å². The highest BCUT2D eigenvalue weighted by molar-refractivity contribution is 8.14. The number of ether oxygens (including phenoxy) is 2. The summed E-state index contributed by atoms with van der Waals surface area (Å²) in [6.07, 6.45) is 1.98. The third kappa shape index (κ3) is 11.8. The summed E-state index contributed by atoms with van der Waals surface area (Å²) in [7, 11) is 2.75. The van der Waals surface area contributed by atoms with Crippen molar-refractivity contribution in [2.75, 3.05) is 14.2 Å². The van der Waals surface area contributed by atoms with Crippen LogP contribution in [0.3, 0.4) is 0 Å². The number of esters is 1. The summed E-state index contributed by atoms with van der Waals surface area (Å²) < 4.78 is 10.3. The maximum Gasteiger partial charge on any atom is 0.417 e. The molecule has 0 saturated heterocycles. The number of carbonyl (C=O) groups is 6. The number of rotatable bonds is 17. The molecule has 0 fully saturated rings. The summed E-state index contributed by atoms with van der Waals surface area (Å²) in [5.41, 5.74) is 2.34. The van der Waals surface area contributed by atoms with Crippen LogP contribution in [0.1, 0.15) is 64.0 Å². The molecule has 2 aromatic carbocycles. The summed E-state index contributed by atoms with van der Waals surface area (Å²) in [5.74, 6) is -2.52. The summed E-state index contributed by atoms with van der Waals surface area (Å²) in [4.78, 5) is 83.4. The summed E-state index contributed by atoms with van der Waals surface area (Å²) >= 11 is 0.753.